The molecule has 21 heavy (non-hydrogen) atoms. The molecule has 5 heteroatoms. The molecule has 0 atom stereocenters. The number of carbonyl (C=O) groups is 1. The van der Waals surface area contributed by atoms with Gasteiger partial charge in [-0.15, -0.1) is 0 Å². The van der Waals surface area contributed by atoms with Crippen molar-refractivity contribution in [3.63, 3.8) is 0 Å². The van der Waals surface area contributed by atoms with Crippen molar-refractivity contribution in [3.05, 3.63) is 33.7 Å². The van der Waals surface area contributed by atoms with Gasteiger partial charge in [-0.05, 0) is 24.5 Å². The van der Waals surface area contributed by atoms with Crippen LogP contribution in [0.4, 0.5) is 0 Å². The number of nitrogens with zero attached hydrogens (tertiary/aromatic N) is 2. The van der Waals surface area contributed by atoms with Crippen LogP contribution in [0.15, 0.2) is 16.9 Å². The molecule has 0 N–H and O–H groups in total. The van der Waals surface area contributed by atoms with E-state index in [0.29, 0.717) is 6.61 Å². The topological polar surface area (TPSA) is 72.1 Å². The molecule has 114 valence electrons. The van der Waals surface area contributed by atoms with Crippen molar-refractivity contribution in [1.82, 2.24) is 4.57 Å². The van der Waals surface area contributed by atoms with E-state index in [9.17, 15) is 9.59 Å². The Morgan fingerprint density at radius 1 is 1.38 bits per heavy atom. The molecule has 0 unspecified atom stereocenters. The van der Waals surface area contributed by atoms with Crippen molar-refractivity contribution < 1.29 is 9.53 Å². The molecule has 0 aliphatic carbocycles. The number of ether oxygens (including phenoxy) is 1. The standard InChI is InChI=1S/C16H22N2O3/c1-4-5-6-9-21-15(19)11-18-14(12(2)3)8-7-13(10-17)16(18)20/h7-8,12H,4-6,9,11H2,1-3H3. The van der Waals surface area contributed by atoms with Gasteiger partial charge in [-0.3, -0.25) is 9.59 Å². The summed E-state index contributed by atoms with van der Waals surface area (Å²) < 4.78 is 6.47. The maximum atomic E-state index is 12.2. The van der Waals surface area contributed by atoms with Crippen molar-refractivity contribution in [2.45, 2.75) is 52.5 Å². The third-order valence-corrected chi connectivity index (χ3v) is 3.22. The van der Waals surface area contributed by atoms with Crippen LogP contribution in [-0.4, -0.2) is 17.1 Å². The van der Waals surface area contributed by atoms with Gasteiger partial charge in [-0.1, -0.05) is 33.6 Å². The molecule has 0 saturated carbocycles. The van der Waals surface area contributed by atoms with E-state index >= 15 is 0 Å². The van der Waals surface area contributed by atoms with Crippen LogP contribution in [0.3, 0.4) is 0 Å². The average molecular weight is 290 g/mol. The van der Waals surface area contributed by atoms with E-state index in [-0.39, 0.29) is 18.0 Å². The van der Waals surface area contributed by atoms with Crippen LogP contribution in [0, 0.1) is 11.3 Å². The van der Waals surface area contributed by atoms with Gasteiger partial charge in [-0.2, -0.15) is 5.26 Å². The highest BCUT2D eigenvalue weighted by Gasteiger charge is 2.14. The molecule has 0 radical (unpaired) electrons. The van der Waals surface area contributed by atoms with Crippen LogP contribution in [0.5, 0.6) is 0 Å². The van der Waals surface area contributed by atoms with Crippen molar-refractivity contribution in [2.75, 3.05) is 6.61 Å². The Bertz CT molecular complexity index is 582. The summed E-state index contributed by atoms with van der Waals surface area (Å²) in [6.45, 7) is 6.17. The van der Waals surface area contributed by atoms with Crippen molar-refractivity contribution >= 4 is 5.97 Å². The molecule has 0 fully saturated rings. The van der Waals surface area contributed by atoms with Gasteiger partial charge in [0.2, 0.25) is 0 Å². The summed E-state index contributed by atoms with van der Waals surface area (Å²) in [7, 11) is 0. The number of aromatic nitrogens is 1. The fourth-order valence-corrected chi connectivity index (χ4v) is 2.06. The van der Waals surface area contributed by atoms with Gasteiger partial charge in [0.1, 0.15) is 18.2 Å². The number of pyridine rings is 1. The third kappa shape index (κ3) is 4.75. The van der Waals surface area contributed by atoms with Crippen LogP contribution in [0.25, 0.3) is 0 Å². The van der Waals surface area contributed by atoms with Crippen LogP contribution in [0.2, 0.25) is 0 Å². The van der Waals surface area contributed by atoms with Crippen molar-refractivity contribution in [3.8, 4) is 6.07 Å². The smallest absolute Gasteiger partial charge is 0.326 e. The maximum absolute atomic E-state index is 12.2. The van der Waals surface area contributed by atoms with E-state index in [0.717, 1.165) is 25.0 Å². The lowest BCUT2D eigenvalue weighted by atomic mass is 10.1. The highest BCUT2D eigenvalue weighted by atomic mass is 16.5. The minimum absolute atomic E-state index is 0.0400. The Labute approximate surface area is 125 Å². The minimum atomic E-state index is -0.440. The molecule has 0 aromatic carbocycles. The monoisotopic (exact) mass is 290 g/mol. The quantitative estimate of drug-likeness (QED) is 0.571. The van der Waals surface area contributed by atoms with Gasteiger partial charge in [0.25, 0.3) is 5.56 Å². The fourth-order valence-electron chi connectivity index (χ4n) is 2.06. The van der Waals surface area contributed by atoms with E-state index in [4.69, 9.17) is 10.00 Å². The van der Waals surface area contributed by atoms with E-state index in [2.05, 4.69) is 6.92 Å². The van der Waals surface area contributed by atoms with Gasteiger partial charge in [0.05, 0.1) is 6.61 Å². The van der Waals surface area contributed by atoms with Crippen LogP contribution in [-0.2, 0) is 16.1 Å². The molecule has 1 rings (SSSR count). The molecule has 1 aromatic heterocycles. The first kappa shape index (κ1) is 17.0. The minimum Gasteiger partial charge on any atom is -0.464 e. The number of unbranched alkanes of at least 4 members (excludes halogenated alkanes) is 2. The summed E-state index contributed by atoms with van der Waals surface area (Å²) in [5.41, 5.74) is 0.330. The second-order valence-corrected chi connectivity index (χ2v) is 5.26. The molecule has 0 bridgehead atoms. The Morgan fingerprint density at radius 3 is 2.67 bits per heavy atom. The largest absolute Gasteiger partial charge is 0.464 e. The molecule has 0 amide bonds. The molecule has 1 aromatic rings. The molecule has 0 aliphatic rings. The zero-order chi connectivity index (χ0) is 15.8. The lowest BCUT2D eigenvalue weighted by molar-refractivity contribution is -0.144. The Kier molecular flexibility index (Phi) is 6.67. The molecule has 5 nitrogen and oxygen atoms in total. The Morgan fingerprint density at radius 2 is 2.10 bits per heavy atom. The second-order valence-electron chi connectivity index (χ2n) is 5.26. The maximum Gasteiger partial charge on any atom is 0.326 e. The fraction of sp³-hybridized carbons (Fsp3) is 0.562. The highest BCUT2D eigenvalue weighted by Crippen LogP contribution is 2.13. The van der Waals surface area contributed by atoms with Crippen molar-refractivity contribution in [1.29, 1.82) is 5.26 Å². The van der Waals surface area contributed by atoms with Gasteiger partial charge in [0.15, 0.2) is 0 Å². The van der Waals surface area contributed by atoms with Crippen LogP contribution >= 0.6 is 0 Å². The van der Waals surface area contributed by atoms with Crippen LogP contribution in [0.1, 0.15) is 57.2 Å². The Balaban J connectivity index is 2.88. The number of nitriles is 1. The Hall–Kier alpha value is -2.09. The zero-order valence-electron chi connectivity index (χ0n) is 12.9. The summed E-state index contributed by atoms with van der Waals surface area (Å²) >= 11 is 0. The third-order valence-electron chi connectivity index (χ3n) is 3.22. The number of hydrogen-bond donors (Lipinski definition) is 0. The van der Waals surface area contributed by atoms with E-state index < -0.39 is 11.5 Å². The molecular formula is C16H22N2O3. The number of esters is 1. The predicted molar refractivity (Wildman–Crippen MR) is 80.0 cm³/mol. The lowest BCUT2D eigenvalue weighted by Gasteiger charge is -2.15. The van der Waals surface area contributed by atoms with Gasteiger partial charge < -0.3 is 9.30 Å². The second kappa shape index (κ2) is 8.25. The molecule has 1 heterocycles. The first-order valence-corrected chi connectivity index (χ1v) is 7.30. The average Bonchev–Trinajstić information content (AvgIpc) is 2.45. The molecular weight excluding hydrogens is 268 g/mol. The zero-order valence-corrected chi connectivity index (χ0v) is 12.9. The lowest BCUT2D eigenvalue weighted by Crippen LogP contribution is -2.30. The van der Waals surface area contributed by atoms with Crippen LogP contribution < -0.4 is 5.56 Å². The number of rotatable bonds is 7. The van der Waals surface area contributed by atoms with Gasteiger partial charge in [0, 0.05) is 5.69 Å². The van der Waals surface area contributed by atoms with Gasteiger partial charge in [-0.25, -0.2) is 0 Å². The van der Waals surface area contributed by atoms with E-state index in [1.165, 1.54) is 10.6 Å². The van der Waals surface area contributed by atoms with E-state index in [1.807, 2.05) is 19.9 Å². The summed E-state index contributed by atoms with van der Waals surface area (Å²) in [6.07, 6.45) is 2.89. The number of carbonyl (C=O) groups excluding carboxylic acids is 1. The normalized spacial score (nSPS) is 10.4. The summed E-state index contributed by atoms with van der Waals surface area (Å²) in [5.74, 6) is -0.358. The van der Waals surface area contributed by atoms with E-state index in [1.54, 1.807) is 6.07 Å². The summed E-state index contributed by atoms with van der Waals surface area (Å²) in [5, 5.41) is 8.93. The first-order chi connectivity index (χ1) is 10.0. The van der Waals surface area contributed by atoms with Gasteiger partial charge >= 0.3 is 5.97 Å². The molecule has 0 saturated heterocycles. The molecule has 0 aliphatic heterocycles. The number of hydrogen-bond acceptors (Lipinski definition) is 4. The summed E-state index contributed by atoms with van der Waals surface area (Å²) in [4.78, 5) is 24.0. The highest BCUT2D eigenvalue weighted by molar-refractivity contribution is 5.69. The molecule has 0 spiro atoms. The SMILES string of the molecule is CCCCCOC(=O)Cn1c(C(C)C)ccc(C#N)c1=O. The summed E-state index contributed by atoms with van der Waals surface area (Å²) in [6, 6.07) is 5.07. The predicted octanol–water partition coefficient (Wildman–Crippen LogP) is 2.58. The van der Waals surface area contributed by atoms with Crippen molar-refractivity contribution in [2.24, 2.45) is 0 Å². The first-order valence-electron chi connectivity index (χ1n) is 7.30.